The lowest BCUT2D eigenvalue weighted by Crippen LogP contribution is -2.14. The fourth-order valence-corrected chi connectivity index (χ4v) is 2.20. The number of carbonyl (C=O) groups excluding carboxylic acids is 1. The van der Waals surface area contributed by atoms with Gasteiger partial charge in [0.25, 0.3) is 5.91 Å². The van der Waals surface area contributed by atoms with Gasteiger partial charge >= 0.3 is 0 Å². The topological polar surface area (TPSA) is 29.1 Å². The molecule has 0 spiro atoms. The summed E-state index contributed by atoms with van der Waals surface area (Å²) in [5.74, 6) is -2.46. The number of anilines is 1. The first-order valence-electron chi connectivity index (χ1n) is 6.22. The van der Waals surface area contributed by atoms with Crippen molar-refractivity contribution >= 4 is 11.6 Å². The van der Waals surface area contributed by atoms with Crippen molar-refractivity contribution < 1.29 is 13.6 Å². The van der Waals surface area contributed by atoms with Gasteiger partial charge in [-0.1, -0.05) is 17.7 Å². The molecule has 0 fully saturated rings. The van der Waals surface area contributed by atoms with E-state index in [1.54, 1.807) is 0 Å². The van der Waals surface area contributed by atoms with Crippen molar-refractivity contribution in [2.24, 2.45) is 0 Å². The molecule has 0 atom stereocenters. The van der Waals surface area contributed by atoms with Crippen LogP contribution in [-0.4, -0.2) is 5.91 Å². The molecule has 2 aromatic carbocycles. The van der Waals surface area contributed by atoms with E-state index >= 15 is 0 Å². The standard InChI is InChI=1S/C16H15F2NO/c1-9-6-10(2)15(11(3)7-9)19-16(20)12-4-5-13(17)14(18)8-12/h4-8H,1-3H3,(H,19,20). The van der Waals surface area contributed by atoms with E-state index in [-0.39, 0.29) is 5.56 Å². The van der Waals surface area contributed by atoms with E-state index in [1.165, 1.54) is 6.07 Å². The number of benzene rings is 2. The van der Waals surface area contributed by atoms with Crippen LogP contribution in [0, 0.1) is 32.4 Å². The van der Waals surface area contributed by atoms with Gasteiger partial charge in [0.1, 0.15) is 0 Å². The molecule has 1 N–H and O–H groups in total. The van der Waals surface area contributed by atoms with E-state index in [0.717, 1.165) is 28.8 Å². The van der Waals surface area contributed by atoms with Gasteiger partial charge < -0.3 is 5.32 Å². The van der Waals surface area contributed by atoms with E-state index < -0.39 is 17.5 Å². The number of halogens is 2. The van der Waals surface area contributed by atoms with Crippen molar-refractivity contribution in [1.29, 1.82) is 0 Å². The lowest BCUT2D eigenvalue weighted by molar-refractivity contribution is 0.102. The molecule has 0 aliphatic heterocycles. The molecule has 0 aliphatic carbocycles. The van der Waals surface area contributed by atoms with Crippen molar-refractivity contribution in [3.8, 4) is 0 Å². The number of hydrogen-bond acceptors (Lipinski definition) is 1. The highest BCUT2D eigenvalue weighted by atomic mass is 19.2. The first-order valence-corrected chi connectivity index (χ1v) is 6.22. The summed E-state index contributed by atoms with van der Waals surface area (Å²) < 4.78 is 26.0. The van der Waals surface area contributed by atoms with Crippen molar-refractivity contribution in [3.05, 3.63) is 64.2 Å². The Morgan fingerprint density at radius 3 is 2.10 bits per heavy atom. The van der Waals surface area contributed by atoms with Crippen LogP contribution >= 0.6 is 0 Å². The normalized spacial score (nSPS) is 10.4. The molecule has 2 aromatic rings. The SMILES string of the molecule is Cc1cc(C)c(NC(=O)c2ccc(F)c(F)c2)c(C)c1. The summed E-state index contributed by atoms with van der Waals surface area (Å²) in [7, 11) is 0. The first-order chi connectivity index (χ1) is 9.38. The van der Waals surface area contributed by atoms with E-state index in [0.29, 0.717) is 5.69 Å². The van der Waals surface area contributed by atoms with Crippen LogP contribution in [0.2, 0.25) is 0 Å². The van der Waals surface area contributed by atoms with Gasteiger partial charge in [0, 0.05) is 11.3 Å². The largest absolute Gasteiger partial charge is 0.322 e. The number of aryl methyl sites for hydroxylation is 3. The molecule has 0 aliphatic rings. The Kier molecular flexibility index (Phi) is 3.84. The van der Waals surface area contributed by atoms with Gasteiger partial charge in [-0.15, -0.1) is 0 Å². The molecule has 0 bridgehead atoms. The summed E-state index contributed by atoms with van der Waals surface area (Å²) >= 11 is 0. The highest BCUT2D eigenvalue weighted by Gasteiger charge is 2.12. The van der Waals surface area contributed by atoms with Crippen LogP contribution in [0.4, 0.5) is 14.5 Å². The molecule has 0 saturated carbocycles. The Bertz CT molecular complexity index is 657. The molecule has 104 valence electrons. The van der Waals surface area contributed by atoms with Gasteiger partial charge in [0.05, 0.1) is 0 Å². The minimum absolute atomic E-state index is 0.0864. The summed E-state index contributed by atoms with van der Waals surface area (Å²) in [6, 6.07) is 7.00. The van der Waals surface area contributed by atoms with E-state index in [9.17, 15) is 13.6 Å². The summed E-state index contributed by atoms with van der Waals surface area (Å²) in [5, 5.41) is 2.74. The van der Waals surface area contributed by atoms with Crippen molar-refractivity contribution in [3.63, 3.8) is 0 Å². The first kappa shape index (κ1) is 14.2. The third-order valence-corrected chi connectivity index (χ3v) is 3.10. The second-order valence-electron chi connectivity index (χ2n) is 4.86. The van der Waals surface area contributed by atoms with Gasteiger partial charge in [-0.05, 0) is 50.1 Å². The molecule has 1 amide bonds. The third-order valence-electron chi connectivity index (χ3n) is 3.10. The van der Waals surface area contributed by atoms with Gasteiger partial charge in [0.2, 0.25) is 0 Å². The maximum Gasteiger partial charge on any atom is 0.255 e. The molecule has 0 aromatic heterocycles. The highest BCUT2D eigenvalue weighted by molar-refractivity contribution is 6.05. The molecule has 4 heteroatoms. The third kappa shape index (κ3) is 2.85. The molecular weight excluding hydrogens is 260 g/mol. The molecule has 0 saturated heterocycles. The van der Waals surface area contributed by atoms with Crippen LogP contribution in [0.25, 0.3) is 0 Å². The lowest BCUT2D eigenvalue weighted by atomic mass is 10.0. The number of hydrogen-bond donors (Lipinski definition) is 1. The van der Waals surface area contributed by atoms with Crippen LogP contribution in [-0.2, 0) is 0 Å². The van der Waals surface area contributed by atoms with E-state index in [4.69, 9.17) is 0 Å². The fraction of sp³-hybridized carbons (Fsp3) is 0.188. The highest BCUT2D eigenvalue weighted by Crippen LogP contribution is 2.22. The molecule has 0 radical (unpaired) electrons. The van der Waals surface area contributed by atoms with Crippen LogP contribution in [0.5, 0.6) is 0 Å². The van der Waals surface area contributed by atoms with Crippen LogP contribution < -0.4 is 5.32 Å². The second-order valence-corrected chi connectivity index (χ2v) is 4.86. The fourth-order valence-electron chi connectivity index (χ4n) is 2.20. The molecule has 2 nitrogen and oxygen atoms in total. The summed E-state index contributed by atoms with van der Waals surface area (Å²) in [5.41, 5.74) is 3.75. The van der Waals surface area contributed by atoms with Crippen LogP contribution in [0.1, 0.15) is 27.0 Å². The average molecular weight is 275 g/mol. The molecule has 0 heterocycles. The second kappa shape index (κ2) is 5.41. The summed E-state index contributed by atoms with van der Waals surface area (Å²) in [4.78, 5) is 12.1. The van der Waals surface area contributed by atoms with Crippen LogP contribution in [0.3, 0.4) is 0 Å². The number of rotatable bonds is 2. The zero-order chi connectivity index (χ0) is 14.9. The summed E-state index contributed by atoms with van der Waals surface area (Å²) in [6.07, 6.45) is 0. The van der Waals surface area contributed by atoms with Gasteiger partial charge in [0.15, 0.2) is 11.6 Å². The Balaban J connectivity index is 2.30. The Morgan fingerprint density at radius 1 is 0.950 bits per heavy atom. The number of carbonyl (C=O) groups is 1. The van der Waals surface area contributed by atoms with E-state index in [1.807, 2.05) is 32.9 Å². The van der Waals surface area contributed by atoms with E-state index in [2.05, 4.69) is 5.32 Å². The molecule has 2 rings (SSSR count). The summed E-state index contributed by atoms with van der Waals surface area (Å²) in [6.45, 7) is 5.75. The lowest BCUT2D eigenvalue weighted by Gasteiger charge is -2.13. The monoisotopic (exact) mass is 275 g/mol. The maximum absolute atomic E-state index is 13.1. The Morgan fingerprint density at radius 2 is 1.55 bits per heavy atom. The Labute approximate surface area is 116 Å². The number of nitrogens with one attached hydrogen (secondary N) is 1. The molecule has 0 unspecified atom stereocenters. The van der Waals surface area contributed by atoms with Crippen molar-refractivity contribution in [1.82, 2.24) is 0 Å². The predicted molar refractivity (Wildman–Crippen MR) is 75.0 cm³/mol. The van der Waals surface area contributed by atoms with Crippen molar-refractivity contribution in [2.75, 3.05) is 5.32 Å². The van der Waals surface area contributed by atoms with Gasteiger partial charge in [-0.3, -0.25) is 4.79 Å². The minimum Gasteiger partial charge on any atom is -0.322 e. The Hall–Kier alpha value is -2.23. The smallest absolute Gasteiger partial charge is 0.255 e. The quantitative estimate of drug-likeness (QED) is 0.876. The molecule has 20 heavy (non-hydrogen) atoms. The predicted octanol–water partition coefficient (Wildman–Crippen LogP) is 4.14. The maximum atomic E-state index is 13.1. The van der Waals surface area contributed by atoms with Crippen molar-refractivity contribution in [2.45, 2.75) is 20.8 Å². The molecular formula is C16H15F2NO. The zero-order valence-electron chi connectivity index (χ0n) is 11.6. The van der Waals surface area contributed by atoms with Crippen LogP contribution in [0.15, 0.2) is 30.3 Å². The van der Waals surface area contributed by atoms with Gasteiger partial charge in [-0.2, -0.15) is 0 Å². The zero-order valence-corrected chi connectivity index (χ0v) is 11.6. The number of amides is 1. The van der Waals surface area contributed by atoms with Gasteiger partial charge in [-0.25, -0.2) is 8.78 Å². The minimum atomic E-state index is -1.03. The average Bonchev–Trinajstić information content (AvgIpc) is 2.36.